The molecule has 3 rings (SSSR count). The number of unbranched alkanes of at least 4 members (excludes halogenated alkanes) is 1. The first-order valence-electron chi connectivity index (χ1n) is 10.3. The number of amides is 1. The number of anilines is 1. The van der Waals surface area contributed by atoms with Gasteiger partial charge in [-0.25, -0.2) is 0 Å². The number of nitrogens with one attached hydrogen (secondary N) is 1. The van der Waals surface area contributed by atoms with Crippen LogP contribution in [0.15, 0.2) is 54.7 Å². The van der Waals surface area contributed by atoms with Gasteiger partial charge in [0.25, 0.3) is 5.91 Å². The van der Waals surface area contributed by atoms with E-state index in [1.807, 2.05) is 55.6 Å². The summed E-state index contributed by atoms with van der Waals surface area (Å²) in [6, 6.07) is 15.0. The molecule has 0 fully saturated rings. The van der Waals surface area contributed by atoms with E-state index in [9.17, 15) is 4.79 Å². The average Bonchev–Trinajstić information content (AvgIpc) is 2.76. The van der Waals surface area contributed by atoms with Crippen molar-refractivity contribution in [3.8, 4) is 5.75 Å². The third-order valence-electron chi connectivity index (χ3n) is 4.91. The van der Waals surface area contributed by atoms with E-state index < -0.39 is 0 Å². The number of nitrogens with zero attached hydrogens (tertiary/aromatic N) is 2. The van der Waals surface area contributed by atoms with Crippen LogP contribution >= 0.6 is 11.6 Å². The summed E-state index contributed by atoms with van der Waals surface area (Å²) in [6.45, 7) is 4.25. The predicted octanol–water partition coefficient (Wildman–Crippen LogP) is 5.64. The summed E-state index contributed by atoms with van der Waals surface area (Å²) >= 11 is 6.04. The third kappa shape index (κ3) is 5.86. The molecule has 1 heterocycles. The summed E-state index contributed by atoms with van der Waals surface area (Å²) < 4.78 is 5.66. The maximum atomic E-state index is 12.6. The Morgan fingerprint density at radius 1 is 1.13 bits per heavy atom. The van der Waals surface area contributed by atoms with E-state index in [0.717, 1.165) is 48.1 Å². The second-order valence-electron chi connectivity index (χ2n) is 7.25. The van der Waals surface area contributed by atoms with Crippen LogP contribution < -0.4 is 10.1 Å². The molecule has 6 heteroatoms. The van der Waals surface area contributed by atoms with Crippen molar-refractivity contribution in [2.75, 3.05) is 32.1 Å². The molecular weight excluding hydrogens is 398 g/mol. The van der Waals surface area contributed by atoms with Crippen molar-refractivity contribution < 1.29 is 9.53 Å². The van der Waals surface area contributed by atoms with Gasteiger partial charge in [0.05, 0.1) is 12.1 Å². The number of ether oxygens (including phenoxy) is 1. The number of hydrogen-bond acceptors (Lipinski definition) is 4. The van der Waals surface area contributed by atoms with Crippen molar-refractivity contribution in [3.63, 3.8) is 0 Å². The molecule has 0 aliphatic rings. The van der Waals surface area contributed by atoms with Gasteiger partial charge in [0, 0.05) is 48.0 Å². The second-order valence-corrected chi connectivity index (χ2v) is 7.69. The zero-order valence-corrected chi connectivity index (χ0v) is 18.3. The fourth-order valence-corrected chi connectivity index (χ4v) is 3.33. The predicted molar refractivity (Wildman–Crippen MR) is 124 cm³/mol. The SMILES string of the molecule is CCCCOc1ccc(C(=O)N(C)CCCNc2ccnc3cc(Cl)ccc23)cc1. The fourth-order valence-electron chi connectivity index (χ4n) is 3.16. The molecule has 1 N–H and O–H groups in total. The Kier molecular flexibility index (Phi) is 7.91. The molecule has 0 aliphatic carbocycles. The maximum absolute atomic E-state index is 12.6. The molecule has 0 spiro atoms. The molecule has 0 atom stereocenters. The van der Waals surface area contributed by atoms with Gasteiger partial charge in [-0.15, -0.1) is 0 Å². The first-order valence-corrected chi connectivity index (χ1v) is 10.7. The number of fused-ring (bicyclic) bond motifs is 1. The molecule has 158 valence electrons. The Labute approximate surface area is 183 Å². The van der Waals surface area contributed by atoms with Crippen molar-refractivity contribution in [2.24, 2.45) is 0 Å². The molecule has 30 heavy (non-hydrogen) atoms. The van der Waals surface area contributed by atoms with Gasteiger partial charge in [-0.1, -0.05) is 24.9 Å². The first kappa shape index (κ1) is 21.9. The Bertz CT molecular complexity index is 976. The Morgan fingerprint density at radius 3 is 2.70 bits per heavy atom. The molecule has 1 amide bonds. The van der Waals surface area contributed by atoms with Crippen LogP contribution in [-0.4, -0.2) is 42.5 Å². The Balaban J connectivity index is 1.47. The van der Waals surface area contributed by atoms with E-state index in [4.69, 9.17) is 16.3 Å². The van der Waals surface area contributed by atoms with E-state index in [2.05, 4.69) is 17.2 Å². The molecule has 1 aromatic heterocycles. The molecule has 0 saturated heterocycles. The minimum absolute atomic E-state index is 0.0131. The summed E-state index contributed by atoms with van der Waals surface area (Å²) in [6.07, 6.45) is 4.73. The average molecular weight is 426 g/mol. The van der Waals surface area contributed by atoms with Crippen LogP contribution in [0.3, 0.4) is 0 Å². The Hall–Kier alpha value is -2.79. The normalized spacial score (nSPS) is 10.8. The number of benzene rings is 2. The lowest BCUT2D eigenvalue weighted by Crippen LogP contribution is -2.28. The molecule has 0 saturated carbocycles. The molecule has 0 unspecified atom stereocenters. The molecule has 5 nitrogen and oxygen atoms in total. The number of rotatable bonds is 10. The van der Waals surface area contributed by atoms with E-state index in [0.29, 0.717) is 23.7 Å². The molecule has 0 bridgehead atoms. The maximum Gasteiger partial charge on any atom is 0.253 e. The van der Waals surface area contributed by atoms with Crippen LogP contribution in [-0.2, 0) is 0 Å². The zero-order valence-electron chi connectivity index (χ0n) is 17.5. The minimum Gasteiger partial charge on any atom is -0.494 e. The lowest BCUT2D eigenvalue weighted by molar-refractivity contribution is 0.0794. The van der Waals surface area contributed by atoms with Gasteiger partial charge in [-0.05, 0) is 61.4 Å². The highest BCUT2D eigenvalue weighted by Gasteiger charge is 2.11. The van der Waals surface area contributed by atoms with Gasteiger partial charge in [0.15, 0.2) is 0 Å². The van der Waals surface area contributed by atoms with Gasteiger partial charge >= 0.3 is 0 Å². The minimum atomic E-state index is 0.0131. The monoisotopic (exact) mass is 425 g/mol. The lowest BCUT2D eigenvalue weighted by Gasteiger charge is -2.18. The molecule has 0 radical (unpaired) electrons. The number of hydrogen-bond donors (Lipinski definition) is 1. The van der Waals surface area contributed by atoms with Crippen LogP contribution in [0, 0.1) is 0 Å². The highest BCUT2D eigenvalue weighted by atomic mass is 35.5. The van der Waals surface area contributed by atoms with Crippen LogP contribution in [0.1, 0.15) is 36.5 Å². The number of carbonyl (C=O) groups is 1. The van der Waals surface area contributed by atoms with Crippen LogP contribution in [0.4, 0.5) is 5.69 Å². The summed E-state index contributed by atoms with van der Waals surface area (Å²) in [5.74, 6) is 0.817. The van der Waals surface area contributed by atoms with Crippen LogP contribution in [0.5, 0.6) is 5.75 Å². The highest BCUT2D eigenvalue weighted by Crippen LogP contribution is 2.24. The molecule has 0 aliphatic heterocycles. The topological polar surface area (TPSA) is 54.5 Å². The van der Waals surface area contributed by atoms with Crippen LogP contribution in [0.2, 0.25) is 5.02 Å². The largest absolute Gasteiger partial charge is 0.494 e. The molecule has 3 aromatic rings. The van der Waals surface area contributed by atoms with Crippen molar-refractivity contribution in [3.05, 3.63) is 65.3 Å². The van der Waals surface area contributed by atoms with E-state index in [1.54, 1.807) is 11.1 Å². The quantitative estimate of drug-likeness (QED) is 0.427. The molecular formula is C24H28ClN3O2. The zero-order chi connectivity index (χ0) is 21.3. The highest BCUT2D eigenvalue weighted by molar-refractivity contribution is 6.31. The van der Waals surface area contributed by atoms with Crippen molar-refractivity contribution in [2.45, 2.75) is 26.2 Å². The first-order chi connectivity index (χ1) is 14.6. The smallest absolute Gasteiger partial charge is 0.253 e. The number of aromatic nitrogens is 1. The molecule has 2 aromatic carbocycles. The number of carbonyl (C=O) groups excluding carboxylic acids is 1. The second kappa shape index (κ2) is 10.8. The van der Waals surface area contributed by atoms with Gasteiger partial charge in [-0.3, -0.25) is 9.78 Å². The summed E-state index contributed by atoms with van der Waals surface area (Å²) in [5.41, 5.74) is 2.55. The fraction of sp³-hybridized carbons (Fsp3) is 0.333. The van der Waals surface area contributed by atoms with Crippen molar-refractivity contribution >= 4 is 34.1 Å². The summed E-state index contributed by atoms with van der Waals surface area (Å²) in [4.78, 5) is 18.7. The van der Waals surface area contributed by atoms with Gasteiger partial charge < -0.3 is 15.0 Å². The standard InChI is InChI=1S/C24H28ClN3O2/c1-3-4-16-30-20-9-6-18(7-10-20)24(29)28(2)15-5-13-26-22-12-14-27-23-17-19(25)8-11-21(22)23/h6-12,14,17H,3-5,13,15-16H2,1-2H3,(H,26,27). The van der Waals surface area contributed by atoms with E-state index in [1.165, 1.54) is 0 Å². The van der Waals surface area contributed by atoms with Gasteiger partial charge in [0.1, 0.15) is 5.75 Å². The summed E-state index contributed by atoms with van der Waals surface area (Å²) in [7, 11) is 1.83. The Morgan fingerprint density at radius 2 is 1.93 bits per heavy atom. The van der Waals surface area contributed by atoms with E-state index >= 15 is 0 Å². The number of halogens is 1. The van der Waals surface area contributed by atoms with Crippen molar-refractivity contribution in [1.29, 1.82) is 0 Å². The third-order valence-corrected chi connectivity index (χ3v) is 5.14. The lowest BCUT2D eigenvalue weighted by atomic mass is 10.2. The van der Waals surface area contributed by atoms with Gasteiger partial charge in [-0.2, -0.15) is 0 Å². The van der Waals surface area contributed by atoms with Gasteiger partial charge in [0.2, 0.25) is 0 Å². The summed E-state index contributed by atoms with van der Waals surface area (Å²) in [5, 5.41) is 5.14. The number of pyridine rings is 1. The van der Waals surface area contributed by atoms with E-state index in [-0.39, 0.29) is 5.91 Å². The van der Waals surface area contributed by atoms with Crippen LogP contribution in [0.25, 0.3) is 10.9 Å². The van der Waals surface area contributed by atoms with Crippen molar-refractivity contribution in [1.82, 2.24) is 9.88 Å².